The molecular weight excluding hydrogens is 212 g/mol. The summed E-state index contributed by atoms with van der Waals surface area (Å²) in [5, 5.41) is 3.27. The van der Waals surface area contributed by atoms with Crippen LogP contribution < -0.4 is 5.32 Å². The van der Waals surface area contributed by atoms with Crippen LogP contribution in [0.4, 0.5) is 0 Å². The SMILES string of the molecule is CC[C@@H]1CCCC[C@H]1NC(=O)CN1CCCC1. The summed E-state index contributed by atoms with van der Waals surface area (Å²) in [6.45, 7) is 5.08. The van der Waals surface area contributed by atoms with Crippen LogP contribution in [-0.4, -0.2) is 36.5 Å². The monoisotopic (exact) mass is 238 g/mol. The lowest BCUT2D eigenvalue weighted by molar-refractivity contribution is -0.123. The van der Waals surface area contributed by atoms with Gasteiger partial charge in [0.25, 0.3) is 0 Å². The Morgan fingerprint density at radius 1 is 1.18 bits per heavy atom. The second-order valence-corrected chi connectivity index (χ2v) is 5.61. The van der Waals surface area contributed by atoms with Gasteiger partial charge in [0.05, 0.1) is 6.54 Å². The van der Waals surface area contributed by atoms with Gasteiger partial charge in [-0.2, -0.15) is 0 Å². The average Bonchev–Trinajstić information content (AvgIpc) is 2.82. The minimum Gasteiger partial charge on any atom is -0.352 e. The topological polar surface area (TPSA) is 32.3 Å². The minimum absolute atomic E-state index is 0.247. The van der Waals surface area contributed by atoms with Gasteiger partial charge in [-0.3, -0.25) is 9.69 Å². The van der Waals surface area contributed by atoms with E-state index in [0.717, 1.165) is 13.1 Å². The molecule has 0 radical (unpaired) electrons. The second kappa shape index (κ2) is 6.39. The molecule has 3 nitrogen and oxygen atoms in total. The highest BCUT2D eigenvalue weighted by molar-refractivity contribution is 5.78. The highest BCUT2D eigenvalue weighted by Gasteiger charge is 2.25. The van der Waals surface area contributed by atoms with Crippen molar-refractivity contribution < 1.29 is 4.79 Å². The van der Waals surface area contributed by atoms with Gasteiger partial charge < -0.3 is 5.32 Å². The molecule has 1 amide bonds. The lowest BCUT2D eigenvalue weighted by Crippen LogP contribution is -2.45. The number of hydrogen-bond donors (Lipinski definition) is 1. The van der Waals surface area contributed by atoms with E-state index < -0.39 is 0 Å². The highest BCUT2D eigenvalue weighted by atomic mass is 16.2. The van der Waals surface area contributed by atoms with Crippen molar-refractivity contribution in [3.63, 3.8) is 0 Å². The summed E-state index contributed by atoms with van der Waals surface area (Å²) < 4.78 is 0. The van der Waals surface area contributed by atoms with Gasteiger partial charge >= 0.3 is 0 Å². The van der Waals surface area contributed by atoms with Gasteiger partial charge in [0.1, 0.15) is 0 Å². The molecule has 98 valence electrons. The Labute approximate surface area is 105 Å². The molecule has 1 N–H and O–H groups in total. The molecule has 2 fully saturated rings. The standard InChI is InChI=1S/C14H26N2O/c1-2-12-7-3-4-8-13(12)15-14(17)11-16-9-5-6-10-16/h12-13H,2-11H2,1H3,(H,15,17)/t12-,13-/m1/s1. The maximum absolute atomic E-state index is 12.0. The molecule has 2 rings (SSSR count). The normalized spacial score (nSPS) is 30.4. The molecule has 17 heavy (non-hydrogen) atoms. The van der Waals surface area contributed by atoms with E-state index in [1.807, 2.05) is 0 Å². The number of rotatable bonds is 4. The third-order valence-corrected chi connectivity index (χ3v) is 4.35. The first-order chi connectivity index (χ1) is 8.29. The van der Waals surface area contributed by atoms with Crippen LogP contribution in [0.5, 0.6) is 0 Å². The fourth-order valence-corrected chi connectivity index (χ4v) is 3.28. The molecule has 1 saturated heterocycles. The van der Waals surface area contributed by atoms with E-state index in [2.05, 4.69) is 17.1 Å². The van der Waals surface area contributed by atoms with Gasteiger partial charge in [0, 0.05) is 6.04 Å². The summed E-state index contributed by atoms with van der Waals surface area (Å²) in [5.74, 6) is 0.962. The van der Waals surface area contributed by atoms with Crippen LogP contribution in [0.15, 0.2) is 0 Å². The van der Waals surface area contributed by atoms with E-state index in [4.69, 9.17) is 0 Å². The number of amides is 1. The van der Waals surface area contributed by atoms with E-state index >= 15 is 0 Å². The summed E-state index contributed by atoms with van der Waals surface area (Å²) in [6.07, 6.45) is 8.83. The molecule has 0 spiro atoms. The number of likely N-dealkylation sites (tertiary alicyclic amines) is 1. The zero-order valence-electron chi connectivity index (χ0n) is 11.1. The third-order valence-electron chi connectivity index (χ3n) is 4.35. The molecule has 0 aromatic heterocycles. The first-order valence-corrected chi connectivity index (χ1v) is 7.31. The molecule has 1 aliphatic heterocycles. The Kier molecular flexibility index (Phi) is 4.84. The molecular formula is C14H26N2O. The van der Waals surface area contributed by atoms with Gasteiger partial charge in [-0.05, 0) is 44.7 Å². The van der Waals surface area contributed by atoms with Crippen molar-refractivity contribution in [2.75, 3.05) is 19.6 Å². The Hall–Kier alpha value is -0.570. The van der Waals surface area contributed by atoms with Crippen LogP contribution in [0.2, 0.25) is 0 Å². The van der Waals surface area contributed by atoms with Gasteiger partial charge in [-0.15, -0.1) is 0 Å². The summed E-state index contributed by atoms with van der Waals surface area (Å²) in [7, 11) is 0. The summed E-state index contributed by atoms with van der Waals surface area (Å²) in [6, 6.07) is 0.448. The number of hydrogen-bond acceptors (Lipinski definition) is 2. The zero-order chi connectivity index (χ0) is 12.1. The molecule has 1 aliphatic carbocycles. The van der Waals surface area contributed by atoms with E-state index in [1.54, 1.807) is 0 Å². The lowest BCUT2D eigenvalue weighted by Gasteiger charge is -2.32. The van der Waals surface area contributed by atoms with Crippen LogP contribution in [-0.2, 0) is 4.79 Å². The average molecular weight is 238 g/mol. The second-order valence-electron chi connectivity index (χ2n) is 5.61. The molecule has 0 aromatic rings. The Balaban J connectivity index is 1.75. The quantitative estimate of drug-likeness (QED) is 0.814. The molecule has 1 saturated carbocycles. The maximum Gasteiger partial charge on any atom is 0.234 e. The van der Waals surface area contributed by atoms with Crippen LogP contribution in [0, 0.1) is 5.92 Å². The zero-order valence-corrected chi connectivity index (χ0v) is 11.1. The van der Waals surface area contributed by atoms with Crippen molar-refractivity contribution >= 4 is 5.91 Å². The fraction of sp³-hybridized carbons (Fsp3) is 0.929. The number of carbonyl (C=O) groups is 1. The van der Waals surface area contributed by atoms with E-state index in [0.29, 0.717) is 18.5 Å². The van der Waals surface area contributed by atoms with E-state index in [-0.39, 0.29) is 5.91 Å². The summed E-state index contributed by atoms with van der Waals surface area (Å²) >= 11 is 0. The third kappa shape index (κ3) is 3.70. The van der Waals surface area contributed by atoms with Crippen LogP contribution in [0.25, 0.3) is 0 Å². The maximum atomic E-state index is 12.0. The smallest absolute Gasteiger partial charge is 0.234 e. The number of carbonyl (C=O) groups excluding carboxylic acids is 1. The Morgan fingerprint density at radius 3 is 2.59 bits per heavy atom. The molecule has 0 bridgehead atoms. The van der Waals surface area contributed by atoms with Crippen molar-refractivity contribution in [2.45, 2.75) is 57.9 Å². The Morgan fingerprint density at radius 2 is 1.88 bits per heavy atom. The lowest BCUT2D eigenvalue weighted by atomic mass is 9.83. The Bertz CT molecular complexity index is 249. The number of nitrogens with zero attached hydrogens (tertiary/aromatic N) is 1. The molecule has 2 aliphatic rings. The summed E-state index contributed by atoms with van der Waals surface area (Å²) in [4.78, 5) is 14.3. The predicted octanol–water partition coefficient (Wildman–Crippen LogP) is 2.17. The largest absolute Gasteiger partial charge is 0.352 e. The molecule has 3 heteroatoms. The molecule has 0 aromatic carbocycles. The molecule has 1 heterocycles. The van der Waals surface area contributed by atoms with Crippen LogP contribution in [0.1, 0.15) is 51.9 Å². The minimum atomic E-state index is 0.247. The highest BCUT2D eigenvalue weighted by Crippen LogP contribution is 2.26. The van der Waals surface area contributed by atoms with Crippen molar-refractivity contribution in [1.82, 2.24) is 10.2 Å². The van der Waals surface area contributed by atoms with Crippen molar-refractivity contribution in [1.29, 1.82) is 0 Å². The summed E-state index contributed by atoms with van der Waals surface area (Å²) in [5.41, 5.74) is 0. The first-order valence-electron chi connectivity index (χ1n) is 7.31. The van der Waals surface area contributed by atoms with Crippen LogP contribution in [0.3, 0.4) is 0 Å². The molecule has 0 unspecified atom stereocenters. The number of nitrogens with one attached hydrogen (secondary N) is 1. The van der Waals surface area contributed by atoms with Crippen LogP contribution >= 0.6 is 0 Å². The van der Waals surface area contributed by atoms with E-state index in [1.165, 1.54) is 44.9 Å². The van der Waals surface area contributed by atoms with E-state index in [9.17, 15) is 4.79 Å². The van der Waals surface area contributed by atoms with Gasteiger partial charge in [-0.1, -0.05) is 26.2 Å². The molecule has 2 atom stereocenters. The first kappa shape index (κ1) is 12.9. The predicted molar refractivity (Wildman–Crippen MR) is 69.9 cm³/mol. The van der Waals surface area contributed by atoms with Crippen molar-refractivity contribution in [3.8, 4) is 0 Å². The van der Waals surface area contributed by atoms with Crippen molar-refractivity contribution in [3.05, 3.63) is 0 Å². The fourth-order valence-electron chi connectivity index (χ4n) is 3.28. The van der Waals surface area contributed by atoms with Gasteiger partial charge in [-0.25, -0.2) is 0 Å². The van der Waals surface area contributed by atoms with Crippen molar-refractivity contribution in [2.24, 2.45) is 5.92 Å². The van der Waals surface area contributed by atoms with Gasteiger partial charge in [0.2, 0.25) is 5.91 Å². The van der Waals surface area contributed by atoms with Gasteiger partial charge in [0.15, 0.2) is 0 Å².